The molecule has 2 rings (SSSR count). The van der Waals surface area contributed by atoms with Gasteiger partial charge in [0.2, 0.25) is 0 Å². The van der Waals surface area contributed by atoms with Crippen molar-refractivity contribution in [3.8, 4) is 17.0 Å². The molecule has 0 atom stereocenters. The van der Waals surface area contributed by atoms with Crippen molar-refractivity contribution in [2.75, 3.05) is 14.2 Å². The largest absolute Gasteiger partial charge is 0.495 e. The first-order valence-electron chi connectivity index (χ1n) is 5.74. The molecule has 1 aromatic carbocycles. The maximum atomic E-state index is 14.1. The maximum Gasteiger partial charge on any atom is 0.357 e. The highest BCUT2D eigenvalue weighted by atomic mass is 35.5. The zero-order valence-corrected chi connectivity index (χ0v) is 12.9. The number of carbonyl (C=O) groups is 1. The lowest BCUT2D eigenvalue weighted by atomic mass is 10.1. The molecule has 21 heavy (non-hydrogen) atoms. The Hall–Kier alpha value is -1.79. The van der Waals surface area contributed by atoms with E-state index in [2.05, 4.69) is 9.84 Å². The normalized spacial score (nSPS) is 10.6. The molecule has 0 unspecified atom stereocenters. The smallest absolute Gasteiger partial charge is 0.357 e. The summed E-state index contributed by atoms with van der Waals surface area (Å²) in [6, 6.07) is 2.46. The third kappa shape index (κ3) is 2.69. The Morgan fingerprint density at radius 3 is 2.57 bits per heavy atom. The van der Waals surface area contributed by atoms with E-state index in [1.807, 2.05) is 0 Å². The molecular formula is C13H11Cl2FN2O3. The summed E-state index contributed by atoms with van der Waals surface area (Å²) in [5, 5.41) is 4.18. The average molecular weight is 333 g/mol. The highest BCUT2D eigenvalue weighted by Gasteiger charge is 2.24. The van der Waals surface area contributed by atoms with Crippen LogP contribution in [0, 0.1) is 5.82 Å². The molecule has 8 heteroatoms. The molecule has 0 bridgehead atoms. The number of carbonyl (C=O) groups excluding carboxylic acids is 1. The number of hydrogen-bond acceptors (Lipinski definition) is 4. The topological polar surface area (TPSA) is 53.4 Å². The van der Waals surface area contributed by atoms with Gasteiger partial charge in [-0.15, -0.1) is 0 Å². The van der Waals surface area contributed by atoms with Gasteiger partial charge < -0.3 is 9.47 Å². The SMILES string of the molecule is COC(=O)c1c(Cl)c(-c2cc(OC)c(Cl)cc2F)nn1C. The second kappa shape index (κ2) is 5.91. The lowest BCUT2D eigenvalue weighted by Gasteiger charge is -2.06. The second-order valence-electron chi connectivity index (χ2n) is 4.09. The number of aryl methyl sites for hydroxylation is 1. The fraction of sp³-hybridized carbons (Fsp3) is 0.231. The molecule has 0 aliphatic rings. The second-order valence-corrected chi connectivity index (χ2v) is 4.88. The quantitative estimate of drug-likeness (QED) is 0.809. The van der Waals surface area contributed by atoms with E-state index < -0.39 is 11.8 Å². The molecular weight excluding hydrogens is 322 g/mol. The van der Waals surface area contributed by atoms with Crippen LogP contribution in [0.1, 0.15) is 10.5 Å². The van der Waals surface area contributed by atoms with Crippen LogP contribution in [0.15, 0.2) is 12.1 Å². The Morgan fingerprint density at radius 2 is 2.00 bits per heavy atom. The minimum Gasteiger partial charge on any atom is -0.495 e. The first-order chi connectivity index (χ1) is 9.90. The molecule has 0 aliphatic heterocycles. The predicted molar refractivity (Wildman–Crippen MR) is 76.5 cm³/mol. The van der Waals surface area contributed by atoms with Crippen LogP contribution in [0.2, 0.25) is 10.0 Å². The number of halogens is 3. The van der Waals surface area contributed by atoms with Crippen LogP contribution in [0.5, 0.6) is 5.75 Å². The van der Waals surface area contributed by atoms with Gasteiger partial charge in [-0.2, -0.15) is 5.10 Å². The van der Waals surface area contributed by atoms with Crippen LogP contribution in [0.4, 0.5) is 4.39 Å². The highest BCUT2D eigenvalue weighted by molar-refractivity contribution is 6.36. The number of esters is 1. The molecule has 0 radical (unpaired) electrons. The highest BCUT2D eigenvalue weighted by Crippen LogP contribution is 2.36. The van der Waals surface area contributed by atoms with Crippen molar-refractivity contribution >= 4 is 29.2 Å². The summed E-state index contributed by atoms with van der Waals surface area (Å²) in [5.41, 5.74) is 0.210. The van der Waals surface area contributed by atoms with E-state index in [4.69, 9.17) is 27.9 Å². The Balaban J connectivity index is 2.66. The van der Waals surface area contributed by atoms with Crippen LogP contribution in [0.25, 0.3) is 11.3 Å². The van der Waals surface area contributed by atoms with E-state index in [0.29, 0.717) is 0 Å². The maximum absolute atomic E-state index is 14.1. The lowest BCUT2D eigenvalue weighted by Crippen LogP contribution is -2.08. The van der Waals surface area contributed by atoms with Crippen LogP contribution in [-0.2, 0) is 11.8 Å². The number of methoxy groups -OCH3 is 2. The summed E-state index contributed by atoms with van der Waals surface area (Å²) in [6.07, 6.45) is 0. The van der Waals surface area contributed by atoms with Crippen molar-refractivity contribution in [3.63, 3.8) is 0 Å². The Labute approximate surface area is 130 Å². The summed E-state index contributed by atoms with van der Waals surface area (Å²) in [4.78, 5) is 11.7. The number of nitrogens with zero attached hydrogens (tertiary/aromatic N) is 2. The molecule has 0 saturated carbocycles. The zero-order valence-electron chi connectivity index (χ0n) is 11.4. The van der Waals surface area contributed by atoms with Crippen LogP contribution < -0.4 is 4.74 Å². The number of hydrogen-bond donors (Lipinski definition) is 0. The molecule has 1 heterocycles. The van der Waals surface area contributed by atoms with Crippen molar-refractivity contribution in [1.82, 2.24) is 9.78 Å². The fourth-order valence-electron chi connectivity index (χ4n) is 1.86. The summed E-state index contributed by atoms with van der Waals surface area (Å²) < 4.78 is 25.0. The van der Waals surface area contributed by atoms with Crippen LogP contribution in [-0.4, -0.2) is 30.0 Å². The molecule has 0 N–H and O–H groups in total. The van der Waals surface area contributed by atoms with Crippen molar-refractivity contribution in [2.24, 2.45) is 7.05 Å². The number of benzene rings is 1. The summed E-state index contributed by atoms with van der Waals surface area (Å²) in [7, 11) is 4.13. The van der Waals surface area contributed by atoms with Gasteiger partial charge in [0.05, 0.1) is 19.2 Å². The Kier molecular flexibility index (Phi) is 4.39. The van der Waals surface area contributed by atoms with Crippen LogP contribution >= 0.6 is 23.2 Å². The Bertz CT molecular complexity index is 716. The molecule has 0 aliphatic carbocycles. The van der Waals surface area contributed by atoms with Crippen molar-refractivity contribution in [2.45, 2.75) is 0 Å². The third-order valence-electron chi connectivity index (χ3n) is 2.86. The van der Waals surface area contributed by atoms with Crippen molar-refractivity contribution < 1.29 is 18.7 Å². The molecule has 1 aromatic heterocycles. The molecule has 0 fully saturated rings. The molecule has 112 valence electrons. The first kappa shape index (κ1) is 15.6. The van der Waals surface area contributed by atoms with Crippen molar-refractivity contribution in [3.05, 3.63) is 33.7 Å². The van der Waals surface area contributed by atoms with Gasteiger partial charge >= 0.3 is 5.97 Å². The van der Waals surface area contributed by atoms with Gasteiger partial charge in [-0.3, -0.25) is 4.68 Å². The fourth-order valence-corrected chi connectivity index (χ4v) is 2.42. The zero-order chi connectivity index (χ0) is 15.7. The minimum atomic E-state index is -0.664. The van der Waals surface area contributed by atoms with E-state index in [0.717, 1.165) is 6.07 Å². The number of aromatic nitrogens is 2. The monoisotopic (exact) mass is 332 g/mol. The van der Waals surface area contributed by atoms with Crippen molar-refractivity contribution in [1.29, 1.82) is 0 Å². The van der Waals surface area contributed by atoms with E-state index >= 15 is 0 Å². The first-order valence-corrected chi connectivity index (χ1v) is 6.50. The number of ether oxygens (including phenoxy) is 2. The predicted octanol–water partition coefficient (Wildman–Crippen LogP) is 3.33. The summed E-state index contributed by atoms with van der Waals surface area (Å²) in [5.74, 6) is -1.02. The van der Waals surface area contributed by atoms with Gasteiger partial charge in [-0.1, -0.05) is 23.2 Å². The van der Waals surface area contributed by atoms with E-state index in [1.54, 1.807) is 0 Å². The lowest BCUT2D eigenvalue weighted by molar-refractivity contribution is 0.0588. The standard InChI is InChI=1S/C13H11Cl2FN2O3/c1-18-12(13(19)21-3)10(15)11(17-18)6-4-9(20-2)7(14)5-8(6)16/h4-5H,1-3H3. The van der Waals surface area contributed by atoms with Gasteiger partial charge in [0.15, 0.2) is 5.69 Å². The van der Waals surface area contributed by atoms with Gasteiger partial charge in [-0.25, -0.2) is 9.18 Å². The molecule has 2 aromatic rings. The molecule has 0 saturated heterocycles. The van der Waals surface area contributed by atoms with E-state index in [9.17, 15) is 9.18 Å². The number of rotatable bonds is 3. The van der Waals surface area contributed by atoms with E-state index in [-0.39, 0.29) is 32.7 Å². The summed E-state index contributed by atoms with van der Waals surface area (Å²) in [6.45, 7) is 0. The summed E-state index contributed by atoms with van der Waals surface area (Å²) >= 11 is 12.0. The average Bonchev–Trinajstić information content (AvgIpc) is 2.73. The Morgan fingerprint density at radius 1 is 1.33 bits per heavy atom. The molecule has 0 amide bonds. The third-order valence-corrected chi connectivity index (χ3v) is 3.52. The minimum absolute atomic E-state index is 0.00683. The molecule has 0 spiro atoms. The van der Waals surface area contributed by atoms with Gasteiger partial charge in [0.1, 0.15) is 22.3 Å². The van der Waals surface area contributed by atoms with Gasteiger partial charge in [0.25, 0.3) is 0 Å². The van der Waals surface area contributed by atoms with Gasteiger partial charge in [-0.05, 0) is 12.1 Å². The van der Waals surface area contributed by atoms with E-state index in [1.165, 1.54) is 32.0 Å². The van der Waals surface area contributed by atoms with Crippen LogP contribution in [0.3, 0.4) is 0 Å². The molecule has 5 nitrogen and oxygen atoms in total. The van der Waals surface area contributed by atoms with Gasteiger partial charge in [0, 0.05) is 12.6 Å².